The number of phosphoric ester groups is 4. The predicted molar refractivity (Wildman–Crippen MR) is 165 cm³/mol. The summed E-state index contributed by atoms with van der Waals surface area (Å²) in [4.78, 5) is 57.2. The summed E-state index contributed by atoms with van der Waals surface area (Å²) in [7, 11) is -23.4. The molecule has 0 saturated heterocycles. The summed E-state index contributed by atoms with van der Waals surface area (Å²) < 4.78 is 117. The van der Waals surface area contributed by atoms with Gasteiger partial charge in [0, 0.05) is 38.3 Å². The molecule has 8 unspecified atom stereocenters. The highest BCUT2D eigenvalue weighted by Crippen LogP contribution is 2.48. The van der Waals surface area contributed by atoms with Gasteiger partial charge in [-0.3, -0.25) is 45.3 Å². The van der Waals surface area contributed by atoms with Gasteiger partial charge in [-0.1, -0.05) is 0 Å². The van der Waals surface area contributed by atoms with Gasteiger partial charge in [-0.2, -0.15) is 0 Å². The molecule has 0 bridgehead atoms. The highest BCUT2D eigenvalue weighted by molar-refractivity contribution is 7.52. The zero-order chi connectivity index (χ0) is 37.1. The lowest BCUT2D eigenvalue weighted by Gasteiger charge is -2.20. The third kappa shape index (κ3) is 29.3. The molecule has 0 fully saturated rings. The molecule has 0 aliphatic carbocycles. The Hall–Kier alpha value is 0.660. The van der Waals surface area contributed by atoms with Gasteiger partial charge in [-0.05, 0) is 14.1 Å². The van der Waals surface area contributed by atoms with Crippen molar-refractivity contribution in [1.29, 1.82) is 0 Å². The number of hydrogen-bond acceptors (Lipinski definition) is 18. The van der Waals surface area contributed by atoms with E-state index in [9.17, 15) is 56.8 Å². The normalized spacial score (nSPS) is 21.1. The van der Waals surface area contributed by atoms with E-state index in [1.165, 1.54) is 0 Å². The van der Waals surface area contributed by atoms with Gasteiger partial charge in [0.05, 0.1) is 66.1 Å². The highest BCUT2D eigenvalue weighted by Gasteiger charge is 2.28. The molecule has 0 aliphatic rings. The van der Waals surface area contributed by atoms with Crippen molar-refractivity contribution in [2.75, 3.05) is 107 Å². The lowest BCUT2D eigenvalue weighted by molar-refractivity contribution is 0.0741. The molecule has 0 radical (unpaired) electrons. The first-order chi connectivity index (χ1) is 21.9. The second-order valence-corrected chi connectivity index (χ2v) is 19.1. The van der Waals surface area contributed by atoms with E-state index in [1.807, 2.05) is 0 Å². The van der Waals surface area contributed by atoms with Crippen molar-refractivity contribution in [2.45, 2.75) is 0 Å². The van der Waals surface area contributed by atoms with Gasteiger partial charge in [-0.15, -0.1) is 0 Å². The lowest BCUT2D eigenvalue weighted by Crippen LogP contribution is -2.26. The minimum absolute atomic E-state index is 0.196. The van der Waals surface area contributed by atoms with Gasteiger partial charge in [0.15, 0.2) is 0 Å². The van der Waals surface area contributed by atoms with E-state index in [0.29, 0.717) is 0 Å². The van der Waals surface area contributed by atoms with Crippen LogP contribution < -0.4 is 10.6 Å². The molecule has 0 aromatic carbocycles. The molecule has 0 aromatic heterocycles. The zero-order valence-corrected chi connectivity index (χ0v) is 31.9. The Bertz CT molecular complexity index is 1110. The van der Waals surface area contributed by atoms with Crippen molar-refractivity contribution in [3.63, 3.8) is 0 Å². The monoisotopic (exact) mass is 828 g/mol. The van der Waals surface area contributed by atoms with E-state index in [0.717, 1.165) is 13.3 Å². The fraction of sp³-hybridized carbons (Fsp3) is 1.00. The van der Waals surface area contributed by atoms with Gasteiger partial charge in [-0.25, -0.2) is 18.3 Å². The van der Waals surface area contributed by atoms with Gasteiger partial charge >= 0.3 is 46.5 Å². The standard InChI is InChI=1S/C18H46N2O22P6/c1-19-11-17(13-39-43(3,21)22)15-41-47(29,30)37-9-7-35-45(25,26)33-5-6-34-46(27,28)36-8-10-38-48(31,32)42-16-18(12-20-2)14-40-44(4,23)24/h17-20H,5-16H2,1-4H3,(H,21,22)(H,23,24)(H,25,26)(H,27,28)(H,29,30)(H,31,32). The van der Waals surface area contributed by atoms with Crippen LogP contribution in [-0.4, -0.2) is 136 Å². The molecule has 48 heavy (non-hydrogen) atoms. The SMILES string of the molecule is CNCC(COP(C)(=O)O)COP(=O)(O)OCCOP(=O)(O)OCCOP(=O)(O)OCCOP(=O)(O)OCC(CNC)COP(C)(=O)O. The minimum Gasteiger partial charge on any atom is -0.324 e. The minimum atomic E-state index is -4.79. The Labute approximate surface area is 277 Å². The van der Waals surface area contributed by atoms with Crippen LogP contribution in [0, 0.1) is 11.8 Å². The molecule has 24 nitrogen and oxygen atoms in total. The first kappa shape index (κ1) is 48.7. The first-order valence-corrected chi connectivity index (χ1v) is 23.6. The summed E-state index contributed by atoms with van der Waals surface area (Å²) in [5, 5.41) is 5.49. The van der Waals surface area contributed by atoms with Gasteiger partial charge in [0.1, 0.15) is 0 Å². The van der Waals surface area contributed by atoms with Crippen molar-refractivity contribution in [3.05, 3.63) is 0 Å². The average molecular weight is 828 g/mol. The van der Waals surface area contributed by atoms with Crippen molar-refractivity contribution in [2.24, 2.45) is 11.8 Å². The van der Waals surface area contributed by atoms with Crippen LogP contribution in [0.25, 0.3) is 0 Å². The maximum atomic E-state index is 12.0. The van der Waals surface area contributed by atoms with E-state index in [2.05, 4.69) is 37.8 Å². The second-order valence-electron chi connectivity index (χ2n) is 9.51. The third-order valence-electron chi connectivity index (χ3n) is 4.81. The van der Waals surface area contributed by atoms with Crippen molar-refractivity contribution >= 4 is 46.5 Å². The fourth-order valence-electron chi connectivity index (χ4n) is 2.86. The van der Waals surface area contributed by atoms with Gasteiger partial charge in [0.25, 0.3) is 0 Å². The number of hydrogen-bond donors (Lipinski definition) is 8. The van der Waals surface area contributed by atoms with Crippen LogP contribution in [0.3, 0.4) is 0 Å². The zero-order valence-electron chi connectivity index (χ0n) is 26.5. The Kier molecular flexibility index (Phi) is 23.7. The highest BCUT2D eigenvalue weighted by atomic mass is 31.2. The maximum Gasteiger partial charge on any atom is 0.472 e. The van der Waals surface area contributed by atoms with E-state index in [1.54, 1.807) is 14.1 Å². The third-order valence-corrected chi connectivity index (χ3v) is 10.1. The van der Waals surface area contributed by atoms with Crippen LogP contribution in [0.1, 0.15) is 0 Å². The quantitative estimate of drug-likeness (QED) is 0.0355. The Morgan fingerprint density at radius 2 is 0.625 bits per heavy atom. The van der Waals surface area contributed by atoms with Crippen LogP contribution in [0.2, 0.25) is 0 Å². The molecule has 0 aliphatic heterocycles. The molecular weight excluding hydrogens is 782 g/mol. The van der Waals surface area contributed by atoms with E-state index in [4.69, 9.17) is 18.1 Å². The number of rotatable bonds is 31. The number of phosphoric acid groups is 4. The molecule has 0 rings (SSSR count). The van der Waals surface area contributed by atoms with Crippen molar-refractivity contribution in [1.82, 2.24) is 10.6 Å². The topological polar surface area (TPSA) is 340 Å². The molecule has 0 heterocycles. The number of nitrogens with one attached hydrogen (secondary N) is 2. The smallest absolute Gasteiger partial charge is 0.324 e. The summed E-state index contributed by atoms with van der Waals surface area (Å²) in [6, 6.07) is 0. The summed E-state index contributed by atoms with van der Waals surface area (Å²) in [6.45, 7) is -3.47. The van der Waals surface area contributed by atoms with Crippen LogP contribution in [0.4, 0.5) is 0 Å². The molecule has 0 amide bonds. The second kappa shape index (κ2) is 23.4. The maximum absolute atomic E-state index is 12.0. The Balaban J connectivity index is 4.34. The van der Waals surface area contributed by atoms with Crippen molar-refractivity contribution in [3.8, 4) is 0 Å². The van der Waals surface area contributed by atoms with Crippen LogP contribution in [-0.2, 0) is 72.6 Å². The Morgan fingerprint density at radius 1 is 0.417 bits per heavy atom. The summed E-state index contributed by atoms with van der Waals surface area (Å²) >= 11 is 0. The van der Waals surface area contributed by atoms with Crippen molar-refractivity contribution < 1.29 is 102 Å². The summed E-state index contributed by atoms with van der Waals surface area (Å²) in [5.41, 5.74) is 0. The van der Waals surface area contributed by atoms with Gasteiger partial charge in [0.2, 0.25) is 0 Å². The average Bonchev–Trinajstić information content (AvgIpc) is 2.94. The Morgan fingerprint density at radius 3 is 0.833 bits per heavy atom. The van der Waals surface area contributed by atoms with Crippen LogP contribution in [0.15, 0.2) is 0 Å². The molecule has 8 N–H and O–H groups in total. The molecule has 0 aromatic rings. The summed E-state index contributed by atoms with van der Waals surface area (Å²) in [5.74, 6) is -1.22. The predicted octanol–water partition coefficient (Wildman–Crippen LogP) is 0.856. The van der Waals surface area contributed by atoms with Crippen LogP contribution >= 0.6 is 46.5 Å². The van der Waals surface area contributed by atoms with Crippen LogP contribution in [0.5, 0.6) is 0 Å². The fourth-order valence-corrected chi connectivity index (χ4v) is 6.76. The largest absolute Gasteiger partial charge is 0.472 e. The lowest BCUT2D eigenvalue weighted by atomic mass is 10.2. The molecule has 30 heteroatoms. The van der Waals surface area contributed by atoms with E-state index < -0.39 is 111 Å². The molecule has 290 valence electrons. The molecular formula is C18H46N2O22P6. The first-order valence-electron chi connectivity index (χ1n) is 13.6. The molecule has 0 spiro atoms. The van der Waals surface area contributed by atoms with E-state index in [-0.39, 0.29) is 26.3 Å². The van der Waals surface area contributed by atoms with Gasteiger partial charge < -0.3 is 49.0 Å². The molecule has 8 atom stereocenters. The van der Waals surface area contributed by atoms with E-state index >= 15 is 0 Å². The molecule has 0 saturated carbocycles. The summed E-state index contributed by atoms with van der Waals surface area (Å²) in [6.07, 6.45) is 0.